The normalized spacial score (nSPS) is 26.0. The van der Waals surface area contributed by atoms with E-state index < -0.39 is 11.8 Å². The first-order valence-electron chi connectivity index (χ1n) is 15.5. The molecule has 0 saturated carbocycles. The molecule has 12 heteroatoms. The van der Waals surface area contributed by atoms with Crippen LogP contribution in [0.25, 0.3) is 11.5 Å². The number of ether oxygens (including phenoxy) is 1. The summed E-state index contributed by atoms with van der Waals surface area (Å²) in [5.41, 5.74) is 2.26. The second-order valence-corrected chi connectivity index (χ2v) is 12.4. The van der Waals surface area contributed by atoms with Crippen LogP contribution in [-0.2, 0) is 15.9 Å². The lowest BCUT2D eigenvalue weighted by Crippen LogP contribution is -2.52. The van der Waals surface area contributed by atoms with Gasteiger partial charge >= 0.3 is 0 Å². The number of nitrogens with one attached hydrogen (secondary N) is 2. The standard InChI is InChI=1S/C33H35N7O5/c41-19-27(21-4-2-1-3-5-21)36-26-17-28(35-22-6-7-23-25(16-22)33(43)20-44-15-14-40(33)30(23)42)34-18-24(26)29-37-31(38-45-29)32-8-11-39(12-9-32)13-10-32/h1-7,16-18,27,41,43H,8-15,19-20H2,(H2,34,35,36)/t27-,33?/m1/s1. The Morgan fingerprint density at radius 3 is 2.58 bits per heavy atom. The van der Waals surface area contributed by atoms with Gasteiger partial charge in [0.15, 0.2) is 11.5 Å². The highest BCUT2D eigenvalue weighted by molar-refractivity contribution is 6.00. The molecule has 4 fully saturated rings. The van der Waals surface area contributed by atoms with Crippen molar-refractivity contribution in [3.05, 3.63) is 83.3 Å². The van der Waals surface area contributed by atoms with Gasteiger partial charge in [-0.25, -0.2) is 4.98 Å². The smallest absolute Gasteiger partial charge is 0.261 e. The molecular formula is C33H35N7O5. The minimum absolute atomic E-state index is 0.0178. The first-order valence-corrected chi connectivity index (χ1v) is 15.5. The zero-order chi connectivity index (χ0) is 30.6. The fourth-order valence-corrected chi connectivity index (χ4v) is 7.19. The second kappa shape index (κ2) is 10.9. The van der Waals surface area contributed by atoms with Crippen LogP contribution in [0.1, 0.15) is 52.6 Å². The Morgan fingerprint density at radius 2 is 1.80 bits per heavy atom. The predicted octanol–water partition coefficient (Wildman–Crippen LogP) is 3.39. The molecule has 2 bridgehead atoms. The Hall–Kier alpha value is -4.36. The van der Waals surface area contributed by atoms with Gasteiger partial charge in [-0.15, -0.1) is 0 Å². The Morgan fingerprint density at radius 1 is 1.00 bits per heavy atom. The summed E-state index contributed by atoms with van der Waals surface area (Å²) in [7, 11) is 0. The maximum atomic E-state index is 12.9. The summed E-state index contributed by atoms with van der Waals surface area (Å²) in [4.78, 5) is 26.5. The molecule has 5 aliphatic rings. The average Bonchev–Trinajstić information content (AvgIpc) is 3.67. The number of morpholine rings is 1. The highest BCUT2D eigenvalue weighted by Crippen LogP contribution is 2.43. The van der Waals surface area contributed by atoms with Crippen LogP contribution in [0.4, 0.5) is 17.2 Å². The topological polar surface area (TPSA) is 149 Å². The maximum absolute atomic E-state index is 12.9. The van der Waals surface area contributed by atoms with Crippen molar-refractivity contribution in [3.63, 3.8) is 0 Å². The van der Waals surface area contributed by atoms with Crippen molar-refractivity contribution in [2.45, 2.75) is 36.4 Å². The highest BCUT2D eigenvalue weighted by Gasteiger charge is 2.50. The molecule has 4 saturated heterocycles. The highest BCUT2D eigenvalue weighted by atomic mass is 16.5. The van der Waals surface area contributed by atoms with Crippen molar-refractivity contribution < 1.29 is 24.3 Å². The number of nitrogens with zero attached hydrogens (tertiary/aromatic N) is 5. The number of pyridine rings is 1. The number of hydrogen-bond donors (Lipinski definition) is 4. The molecule has 0 spiro atoms. The molecule has 4 aromatic rings. The maximum Gasteiger partial charge on any atom is 0.261 e. The molecule has 0 radical (unpaired) electrons. The van der Waals surface area contributed by atoms with Crippen LogP contribution in [0.2, 0.25) is 0 Å². The summed E-state index contributed by atoms with van der Waals surface area (Å²) in [6.07, 6.45) is 4.74. The first-order chi connectivity index (χ1) is 22.0. The van der Waals surface area contributed by atoms with Crippen LogP contribution in [0, 0.1) is 0 Å². The number of carbonyl (C=O) groups is 1. The van der Waals surface area contributed by atoms with E-state index in [1.807, 2.05) is 36.4 Å². The molecule has 2 aromatic carbocycles. The van der Waals surface area contributed by atoms with E-state index in [0.29, 0.717) is 52.9 Å². The molecule has 1 amide bonds. The summed E-state index contributed by atoms with van der Waals surface area (Å²) >= 11 is 0. The summed E-state index contributed by atoms with van der Waals surface area (Å²) in [6, 6.07) is 16.4. The fraction of sp³-hybridized carbons (Fsp3) is 0.394. The number of carbonyl (C=O) groups excluding carboxylic acids is 1. The van der Waals surface area contributed by atoms with Gasteiger partial charge in [-0.1, -0.05) is 35.5 Å². The molecule has 12 nitrogen and oxygen atoms in total. The zero-order valence-corrected chi connectivity index (χ0v) is 24.8. The number of anilines is 3. The van der Waals surface area contributed by atoms with E-state index >= 15 is 0 Å². The SMILES string of the molecule is O=C1c2ccc(Nc3cc(N[C@H](CO)c4ccccc4)c(-c4nc(C56CCN(CC5)CC6)no4)cn3)cc2C2(O)COCCN12. The molecule has 1 unspecified atom stereocenters. The van der Waals surface area contributed by atoms with Crippen molar-refractivity contribution in [3.8, 4) is 11.5 Å². The molecule has 45 heavy (non-hydrogen) atoms. The molecule has 4 N–H and O–H groups in total. The van der Waals surface area contributed by atoms with Crippen molar-refractivity contribution in [2.24, 2.45) is 0 Å². The van der Waals surface area contributed by atoms with Crippen molar-refractivity contribution in [1.29, 1.82) is 0 Å². The number of piperidine rings is 3. The minimum atomic E-state index is -1.50. The Bertz CT molecular complexity index is 1720. The van der Waals surface area contributed by atoms with Crippen LogP contribution in [-0.4, -0.2) is 87.0 Å². The molecule has 9 rings (SSSR count). The molecule has 5 aliphatic heterocycles. The van der Waals surface area contributed by atoms with Gasteiger partial charge < -0.3 is 39.9 Å². The summed E-state index contributed by atoms with van der Waals surface area (Å²) in [5.74, 6) is 1.42. The zero-order valence-electron chi connectivity index (χ0n) is 24.8. The van der Waals surface area contributed by atoms with E-state index in [0.717, 1.165) is 50.3 Å². The van der Waals surface area contributed by atoms with Crippen molar-refractivity contribution in [2.75, 3.05) is 56.6 Å². The van der Waals surface area contributed by atoms with E-state index in [1.165, 1.54) is 4.90 Å². The van der Waals surface area contributed by atoms with E-state index in [4.69, 9.17) is 14.2 Å². The first kappa shape index (κ1) is 28.1. The number of aromatic nitrogens is 3. The number of fused-ring (bicyclic) bond motifs is 6. The lowest BCUT2D eigenvalue weighted by atomic mass is 9.71. The van der Waals surface area contributed by atoms with Crippen molar-refractivity contribution >= 4 is 23.1 Å². The van der Waals surface area contributed by atoms with Crippen LogP contribution in [0.3, 0.4) is 0 Å². The summed E-state index contributed by atoms with van der Waals surface area (Å²) in [5, 5.41) is 33.0. The van der Waals surface area contributed by atoms with Gasteiger partial charge in [-0.05, 0) is 62.7 Å². The largest absolute Gasteiger partial charge is 0.394 e. The predicted molar refractivity (Wildman–Crippen MR) is 165 cm³/mol. The number of hydrogen-bond acceptors (Lipinski definition) is 11. The fourth-order valence-electron chi connectivity index (χ4n) is 7.19. The monoisotopic (exact) mass is 609 g/mol. The van der Waals surface area contributed by atoms with Gasteiger partial charge in [-0.3, -0.25) is 4.79 Å². The third-order valence-corrected chi connectivity index (χ3v) is 9.88. The summed E-state index contributed by atoms with van der Waals surface area (Å²) < 4.78 is 11.4. The Balaban J connectivity index is 1.13. The van der Waals surface area contributed by atoms with Crippen molar-refractivity contribution in [1.82, 2.24) is 24.9 Å². The van der Waals surface area contributed by atoms with Gasteiger partial charge in [0.1, 0.15) is 5.82 Å². The van der Waals surface area contributed by atoms with E-state index in [9.17, 15) is 15.0 Å². The van der Waals surface area contributed by atoms with Gasteiger partial charge in [-0.2, -0.15) is 4.98 Å². The van der Waals surface area contributed by atoms with Gasteiger partial charge in [0.25, 0.3) is 11.8 Å². The van der Waals surface area contributed by atoms with E-state index in [-0.39, 0.29) is 24.5 Å². The van der Waals surface area contributed by atoms with E-state index in [2.05, 4.69) is 25.7 Å². The number of aliphatic hydroxyl groups is 2. The number of amides is 1. The Labute approximate surface area is 260 Å². The second-order valence-electron chi connectivity index (χ2n) is 12.4. The quantitative estimate of drug-likeness (QED) is 0.233. The van der Waals surface area contributed by atoms with E-state index in [1.54, 1.807) is 24.4 Å². The molecule has 2 atom stereocenters. The molecule has 2 aromatic heterocycles. The van der Waals surface area contributed by atoms with Crippen LogP contribution in [0.15, 0.2) is 65.3 Å². The summed E-state index contributed by atoms with van der Waals surface area (Å²) in [6.45, 7) is 3.74. The van der Waals surface area contributed by atoms with Gasteiger partial charge in [0.2, 0.25) is 0 Å². The van der Waals surface area contributed by atoms with Crippen LogP contribution >= 0.6 is 0 Å². The number of aliphatic hydroxyl groups excluding tert-OH is 1. The van der Waals surface area contributed by atoms with Crippen LogP contribution in [0.5, 0.6) is 0 Å². The molecule has 7 heterocycles. The van der Waals surface area contributed by atoms with Gasteiger partial charge in [0, 0.05) is 41.0 Å². The third-order valence-electron chi connectivity index (χ3n) is 9.88. The average molecular weight is 610 g/mol. The Kier molecular flexibility index (Phi) is 6.82. The van der Waals surface area contributed by atoms with Gasteiger partial charge in [0.05, 0.1) is 37.1 Å². The lowest BCUT2D eigenvalue weighted by molar-refractivity contribution is -0.169. The molecular weight excluding hydrogens is 574 g/mol. The van der Waals surface area contributed by atoms with Crippen LogP contribution < -0.4 is 10.6 Å². The minimum Gasteiger partial charge on any atom is -0.394 e. The lowest BCUT2D eigenvalue weighted by Gasteiger charge is -2.46. The third kappa shape index (κ3) is 4.76. The number of rotatable bonds is 8. The molecule has 0 aliphatic carbocycles. The number of benzene rings is 2. The molecule has 232 valence electrons.